The lowest BCUT2D eigenvalue weighted by Crippen LogP contribution is -2.41. The summed E-state index contributed by atoms with van der Waals surface area (Å²) in [4.78, 5) is 4.77. The summed E-state index contributed by atoms with van der Waals surface area (Å²) in [5.41, 5.74) is 0. The Kier molecular flexibility index (Phi) is 3.67. The quantitative estimate of drug-likeness (QED) is 0.822. The minimum atomic E-state index is 0.747. The lowest BCUT2D eigenvalue weighted by molar-refractivity contribution is 0.489. The number of nitrogens with zero attached hydrogens (tertiary/aromatic N) is 1. The fraction of sp³-hybridized carbons (Fsp3) is 0.917. The Bertz CT molecular complexity index is 274. The zero-order valence-electron chi connectivity index (χ0n) is 9.65. The maximum absolute atomic E-state index is 4.77. The summed E-state index contributed by atoms with van der Waals surface area (Å²) in [5, 5.41) is 5.68. The van der Waals surface area contributed by atoms with Crippen LogP contribution in [0.15, 0.2) is 4.99 Å². The SMILES string of the molecule is C1CSC(CN=C2NC3CCCC3CS2)C1. The van der Waals surface area contributed by atoms with Gasteiger partial charge < -0.3 is 5.32 Å². The van der Waals surface area contributed by atoms with Gasteiger partial charge in [0.25, 0.3) is 0 Å². The predicted molar refractivity (Wildman–Crippen MR) is 74.5 cm³/mol. The Balaban J connectivity index is 1.52. The maximum atomic E-state index is 4.77. The van der Waals surface area contributed by atoms with Crippen molar-refractivity contribution >= 4 is 28.7 Å². The van der Waals surface area contributed by atoms with Crippen molar-refractivity contribution in [3.63, 3.8) is 0 Å². The van der Waals surface area contributed by atoms with Gasteiger partial charge >= 0.3 is 0 Å². The predicted octanol–water partition coefficient (Wildman–Crippen LogP) is 2.74. The molecule has 2 heterocycles. The number of fused-ring (bicyclic) bond motifs is 1. The van der Waals surface area contributed by atoms with Crippen LogP contribution < -0.4 is 5.32 Å². The number of thioether (sulfide) groups is 2. The van der Waals surface area contributed by atoms with E-state index >= 15 is 0 Å². The van der Waals surface area contributed by atoms with Crippen LogP contribution in [0, 0.1) is 5.92 Å². The molecule has 0 aromatic heterocycles. The van der Waals surface area contributed by atoms with Crippen LogP contribution in [-0.4, -0.2) is 34.5 Å². The number of rotatable bonds is 2. The first-order valence-electron chi connectivity index (χ1n) is 6.47. The maximum Gasteiger partial charge on any atom is 0.156 e. The van der Waals surface area contributed by atoms with Crippen molar-refractivity contribution in [1.82, 2.24) is 5.32 Å². The summed E-state index contributed by atoms with van der Waals surface area (Å²) in [7, 11) is 0. The second-order valence-electron chi connectivity index (χ2n) is 5.03. The highest BCUT2D eigenvalue weighted by atomic mass is 32.2. The van der Waals surface area contributed by atoms with Crippen molar-refractivity contribution in [1.29, 1.82) is 0 Å². The molecule has 3 unspecified atom stereocenters. The molecule has 0 radical (unpaired) electrons. The van der Waals surface area contributed by atoms with Gasteiger partial charge in [0.2, 0.25) is 0 Å². The van der Waals surface area contributed by atoms with Gasteiger partial charge in [0.05, 0.1) is 6.54 Å². The van der Waals surface area contributed by atoms with Crippen molar-refractivity contribution < 1.29 is 0 Å². The number of hydrogen-bond acceptors (Lipinski definition) is 3. The molecule has 0 bridgehead atoms. The number of hydrogen-bond donors (Lipinski definition) is 1. The Morgan fingerprint density at radius 1 is 1.25 bits per heavy atom. The normalized spacial score (nSPS) is 41.0. The van der Waals surface area contributed by atoms with E-state index in [0.29, 0.717) is 0 Å². The smallest absolute Gasteiger partial charge is 0.156 e. The molecule has 16 heavy (non-hydrogen) atoms. The summed E-state index contributed by atoms with van der Waals surface area (Å²) < 4.78 is 0. The molecule has 3 fully saturated rings. The minimum absolute atomic E-state index is 0.747. The molecule has 4 heteroatoms. The molecule has 0 aromatic carbocycles. The summed E-state index contributed by atoms with van der Waals surface area (Å²) in [6, 6.07) is 0.747. The highest BCUT2D eigenvalue weighted by Crippen LogP contribution is 2.33. The van der Waals surface area contributed by atoms with Crippen molar-refractivity contribution in [2.75, 3.05) is 18.1 Å². The summed E-state index contributed by atoms with van der Waals surface area (Å²) in [5.74, 6) is 3.57. The molecule has 90 valence electrons. The topological polar surface area (TPSA) is 24.4 Å². The average Bonchev–Trinajstić information content (AvgIpc) is 2.97. The van der Waals surface area contributed by atoms with E-state index in [1.165, 1.54) is 48.8 Å². The third kappa shape index (κ3) is 2.53. The van der Waals surface area contributed by atoms with Gasteiger partial charge in [-0.3, -0.25) is 4.99 Å². The standard InChI is InChI=1S/C12H20N2S2/c1-3-9-8-16-12(14-11(9)5-1)13-7-10-4-2-6-15-10/h9-11H,1-8H2,(H,13,14). The molecule has 2 nitrogen and oxygen atoms in total. The second-order valence-corrected chi connectivity index (χ2v) is 7.45. The van der Waals surface area contributed by atoms with Gasteiger partial charge in [0.15, 0.2) is 5.17 Å². The van der Waals surface area contributed by atoms with Gasteiger partial charge in [-0.2, -0.15) is 11.8 Å². The van der Waals surface area contributed by atoms with E-state index in [-0.39, 0.29) is 0 Å². The summed E-state index contributed by atoms with van der Waals surface area (Å²) >= 11 is 4.06. The zero-order chi connectivity index (χ0) is 10.8. The van der Waals surface area contributed by atoms with Crippen LogP contribution in [0.1, 0.15) is 32.1 Å². The number of aliphatic imine (C=N–C) groups is 1. The molecule has 2 aliphatic heterocycles. The molecule has 3 aliphatic rings. The first kappa shape index (κ1) is 11.3. The van der Waals surface area contributed by atoms with Crippen LogP contribution >= 0.6 is 23.5 Å². The molecule has 0 amide bonds. The third-order valence-electron chi connectivity index (χ3n) is 3.86. The molecule has 2 saturated heterocycles. The van der Waals surface area contributed by atoms with Crippen LogP contribution in [0.25, 0.3) is 0 Å². The molecule has 0 aromatic rings. The first-order valence-corrected chi connectivity index (χ1v) is 8.50. The lowest BCUT2D eigenvalue weighted by Gasteiger charge is -2.28. The van der Waals surface area contributed by atoms with E-state index in [1.54, 1.807) is 0 Å². The molecule has 3 rings (SSSR count). The lowest BCUT2D eigenvalue weighted by atomic mass is 10.1. The van der Waals surface area contributed by atoms with Crippen LogP contribution in [0.4, 0.5) is 0 Å². The van der Waals surface area contributed by atoms with E-state index < -0.39 is 0 Å². The Morgan fingerprint density at radius 3 is 3.12 bits per heavy atom. The second kappa shape index (κ2) is 5.21. The molecular weight excluding hydrogens is 236 g/mol. The molecule has 0 spiro atoms. The fourth-order valence-corrected chi connectivity index (χ4v) is 5.23. The number of amidine groups is 1. The Morgan fingerprint density at radius 2 is 2.25 bits per heavy atom. The van der Waals surface area contributed by atoms with Gasteiger partial charge in [0, 0.05) is 17.0 Å². The largest absolute Gasteiger partial charge is 0.362 e. The van der Waals surface area contributed by atoms with Gasteiger partial charge in [-0.15, -0.1) is 0 Å². The van der Waals surface area contributed by atoms with Crippen LogP contribution in [0.5, 0.6) is 0 Å². The van der Waals surface area contributed by atoms with E-state index in [0.717, 1.165) is 23.8 Å². The Labute approximate surface area is 106 Å². The molecular formula is C12H20N2S2. The monoisotopic (exact) mass is 256 g/mol. The van der Waals surface area contributed by atoms with Crippen LogP contribution in [0.3, 0.4) is 0 Å². The fourth-order valence-electron chi connectivity index (χ4n) is 2.88. The zero-order valence-corrected chi connectivity index (χ0v) is 11.3. The molecule has 1 aliphatic carbocycles. The minimum Gasteiger partial charge on any atom is -0.362 e. The molecule has 1 saturated carbocycles. The Hall–Kier alpha value is 0.170. The van der Waals surface area contributed by atoms with Gasteiger partial charge in [-0.05, 0) is 37.4 Å². The highest BCUT2D eigenvalue weighted by molar-refractivity contribution is 8.13. The summed E-state index contributed by atoms with van der Waals surface area (Å²) in [6.45, 7) is 1.04. The van der Waals surface area contributed by atoms with Crippen molar-refractivity contribution in [3.05, 3.63) is 0 Å². The van der Waals surface area contributed by atoms with Gasteiger partial charge in [0.1, 0.15) is 0 Å². The van der Waals surface area contributed by atoms with Crippen molar-refractivity contribution in [2.24, 2.45) is 10.9 Å². The van der Waals surface area contributed by atoms with E-state index in [9.17, 15) is 0 Å². The number of nitrogens with one attached hydrogen (secondary N) is 1. The van der Waals surface area contributed by atoms with Gasteiger partial charge in [-0.25, -0.2) is 0 Å². The van der Waals surface area contributed by atoms with Gasteiger partial charge in [-0.1, -0.05) is 18.2 Å². The van der Waals surface area contributed by atoms with E-state index in [2.05, 4.69) is 17.1 Å². The van der Waals surface area contributed by atoms with Crippen LogP contribution in [-0.2, 0) is 0 Å². The molecule has 1 N–H and O–H groups in total. The highest BCUT2D eigenvalue weighted by Gasteiger charge is 2.32. The summed E-state index contributed by atoms with van der Waals surface area (Å²) in [6.07, 6.45) is 6.97. The van der Waals surface area contributed by atoms with Crippen LogP contribution in [0.2, 0.25) is 0 Å². The van der Waals surface area contributed by atoms with E-state index in [1.807, 2.05) is 11.8 Å². The van der Waals surface area contributed by atoms with Crippen molar-refractivity contribution in [2.45, 2.75) is 43.4 Å². The van der Waals surface area contributed by atoms with Crippen molar-refractivity contribution in [3.8, 4) is 0 Å². The first-order chi connectivity index (χ1) is 7.92. The van der Waals surface area contributed by atoms with E-state index in [4.69, 9.17) is 4.99 Å². The third-order valence-corrected chi connectivity index (χ3v) is 6.36. The molecule has 3 atom stereocenters. The average molecular weight is 256 g/mol.